The molecule has 4 nitrogen and oxygen atoms in total. The highest BCUT2D eigenvalue weighted by Gasteiger charge is 2.19. The molecule has 0 unspecified atom stereocenters. The van der Waals surface area contributed by atoms with Crippen LogP contribution in [0.2, 0.25) is 0 Å². The van der Waals surface area contributed by atoms with E-state index in [9.17, 15) is 4.79 Å². The van der Waals surface area contributed by atoms with E-state index in [-0.39, 0.29) is 11.8 Å². The van der Waals surface area contributed by atoms with Crippen LogP contribution in [0, 0.1) is 12.8 Å². The number of amides is 1. The average Bonchev–Trinajstić information content (AvgIpc) is 2.55. The molecule has 4 heteroatoms. The van der Waals surface area contributed by atoms with E-state index >= 15 is 0 Å². The fraction of sp³-hybridized carbons (Fsp3) is 0.368. The maximum absolute atomic E-state index is 12.5. The van der Waals surface area contributed by atoms with E-state index in [2.05, 4.69) is 30.2 Å². The molecule has 1 amide bonds. The Labute approximate surface area is 137 Å². The topological polar surface area (TPSA) is 51.2 Å². The van der Waals surface area contributed by atoms with Crippen LogP contribution in [0.3, 0.4) is 0 Å². The summed E-state index contributed by atoms with van der Waals surface area (Å²) in [5, 5.41) is 3.03. The maximum atomic E-state index is 12.5. The molecule has 0 saturated heterocycles. The summed E-state index contributed by atoms with van der Waals surface area (Å²) in [5.74, 6) is 1.11. The van der Waals surface area contributed by atoms with Crippen molar-refractivity contribution in [1.82, 2.24) is 10.3 Å². The molecule has 1 N–H and O–H groups in total. The van der Waals surface area contributed by atoms with Gasteiger partial charge in [-0.05, 0) is 36.6 Å². The number of aromatic nitrogens is 1. The van der Waals surface area contributed by atoms with E-state index in [0.29, 0.717) is 23.8 Å². The number of carbonyl (C=O) groups excluding carboxylic acids is 1. The lowest BCUT2D eigenvalue weighted by Gasteiger charge is -2.22. The smallest absolute Gasteiger partial charge is 0.255 e. The molecule has 0 bridgehead atoms. The molecule has 0 spiro atoms. The van der Waals surface area contributed by atoms with Gasteiger partial charge in [0.15, 0.2) is 0 Å². The fourth-order valence-electron chi connectivity index (χ4n) is 2.63. The van der Waals surface area contributed by atoms with Crippen LogP contribution >= 0.6 is 0 Å². The van der Waals surface area contributed by atoms with Crippen molar-refractivity contribution in [1.29, 1.82) is 0 Å². The lowest BCUT2D eigenvalue weighted by Crippen LogP contribution is -2.30. The Bertz CT molecular complexity index is 654. The highest BCUT2D eigenvalue weighted by molar-refractivity contribution is 5.97. The fourth-order valence-corrected chi connectivity index (χ4v) is 2.63. The Morgan fingerprint density at radius 3 is 2.70 bits per heavy atom. The van der Waals surface area contributed by atoms with Crippen LogP contribution in [-0.4, -0.2) is 24.5 Å². The zero-order chi connectivity index (χ0) is 16.8. The summed E-state index contributed by atoms with van der Waals surface area (Å²) in [7, 11) is 1.58. The number of rotatable bonds is 6. The highest BCUT2D eigenvalue weighted by atomic mass is 16.5. The van der Waals surface area contributed by atoms with Crippen LogP contribution < -0.4 is 10.1 Å². The lowest BCUT2D eigenvalue weighted by atomic mass is 9.89. The maximum Gasteiger partial charge on any atom is 0.255 e. The molecular formula is C19H24N2O2. The zero-order valence-electron chi connectivity index (χ0n) is 14.2. The molecule has 23 heavy (non-hydrogen) atoms. The van der Waals surface area contributed by atoms with Crippen LogP contribution in [-0.2, 0) is 0 Å². The first kappa shape index (κ1) is 17.0. The zero-order valence-corrected chi connectivity index (χ0v) is 14.2. The summed E-state index contributed by atoms with van der Waals surface area (Å²) in [5.41, 5.74) is 2.74. The van der Waals surface area contributed by atoms with Crippen LogP contribution in [0.5, 0.6) is 5.75 Å². The normalized spacial score (nSPS) is 12.0. The van der Waals surface area contributed by atoms with Crippen molar-refractivity contribution in [3.8, 4) is 5.75 Å². The number of pyridine rings is 1. The van der Waals surface area contributed by atoms with E-state index in [0.717, 1.165) is 11.1 Å². The summed E-state index contributed by atoms with van der Waals surface area (Å²) in [6, 6.07) is 9.59. The molecule has 0 aliphatic rings. The number of hydrogen-bond acceptors (Lipinski definition) is 3. The quantitative estimate of drug-likeness (QED) is 0.887. The summed E-state index contributed by atoms with van der Waals surface area (Å²) in [4.78, 5) is 16.7. The van der Waals surface area contributed by atoms with Crippen molar-refractivity contribution in [2.45, 2.75) is 26.7 Å². The molecule has 0 radical (unpaired) electrons. The number of carbonyl (C=O) groups is 1. The Balaban J connectivity index is 2.12. The number of nitrogens with one attached hydrogen (secondary N) is 1. The minimum Gasteiger partial charge on any atom is -0.496 e. The van der Waals surface area contributed by atoms with Gasteiger partial charge in [-0.15, -0.1) is 0 Å². The van der Waals surface area contributed by atoms with E-state index < -0.39 is 0 Å². The number of methoxy groups -OCH3 is 1. The Morgan fingerprint density at radius 2 is 2.09 bits per heavy atom. The largest absolute Gasteiger partial charge is 0.496 e. The second-order valence-corrected chi connectivity index (χ2v) is 6.05. The predicted molar refractivity (Wildman–Crippen MR) is 91.9 cm³/mol. The summed E-state index contributed by atoms with van der Waals surface area (Å²) in [6.07, 6.45) is 3.63. The molecule has 2 rings (SSSR count). The SMILES string of the molecule is COc1ccc(C)cc1C(=O)NC[C@@H](c1cccnc1)C(C)C. The van der Waals surface area contributed by atoms with Gasteiger partial charge in [0.1, 0.15) is 5.75 Å². The second-order valence-electron chi connectivity index (χ2n) is 6.05. The van der Waals surface area contributed by atoms with Crippen molar-refractivity contribution < 1.29 is 9.53 Å². The van der Waals surface area contributed by atoms with Crippen molar-refractivity contribution in [2.75, 3.05) is 13.7 Å². The van der Waals surface area contributed by atoms with Crippen LogP contribution in [0.4, 0.5) is 0 Å². The Kier molecular flexibility index (Phi) is 5.74. The molecule has 1 atom stereocenters. The van der Waals surface area contributed by atoms with E-state index in [1.165, 1.54) is 0 Å². The van der Waals surface area contributed by atoms with Gasteiger partial charge in [-0.1, -0.05) is 31.5 Å². The van der Waals surface area contributed by atoms with E-state index in [4.69, 9.17) is 4.74 Å². The molecule has 2 aromatic rings. The molecule has 1 heterocycles. The molecule has 122 valence electrons. The first-order chi connectivity index (χ1) is 11.0. The third-order valence-electron chi connectivity index (χ3n) is 4.00. The number of benzene rings is 1. The number of ether oxygens (including phenoxy) is 1. The monoisotopic (exact) mass is 312 g/mol. The highest BCUT2D eigenvalue weighted by Crippen LogP contribution is 2.24. The third-order valence-corrected chi connectivity index (χ3v) is 4.00. The standard InChI is InChI=1S/C19H24N2O2/c1-13(2)17(15-6-5-9-20-11-15)12-21-19(22)16-10-14(3)7-8-18(16)23-4/h5-11,13,17H,12H2,1-4H3,(H,21,22)/t17-/m1/s1. The summed E-state index contributed by atoms with van der Waals surface area (Å²) < 4.78 is 5.29. The molecular weight excluding hydrogens is 288 g/mol. The van der Waals surface area contributed by atoms with Gasteiger partial charge < -0.3 is 10.1 Å². The van der Waals surface area contributed by atoms with Gasteiger partial charge in [0.25, 0.3) is 5.91 Å². The summed E-state index contributed by atoms with van der Waals surface area (Å²) in [6.45, 7) is 6.83. The van der Waals surface area contributed by atoms with Gasteiger partial charge in [0, 0.05) is 24.9 Å². The Morgan fingerprint density at radius 1 is 1.30 bits per heavy atom. The van der Waals surface area contributed by atoms with Crippen LogP contribution in [0.25, 0.3) is 0 Å². The van der Waals surface area contributed by atoms with Crippen molar-refractivity contribution in [3.05, 3.63) is 59.4 Å². The first-order valence-corrected chi connectivity index (χ1v) is 7.85. The Hall–Kier alpha value is -2.36. The van der Waals surface area contributed by atoms with Gasteiger partial charge in [-0.3, -0.25) is 9.78 Å². The van der Waals surface area contributed by atoms with Crippen molar-refractivity contribution in [3.63, 3.8) is 0 Å². The minimum absolute atomic E-state index is 0.111. The van der Waals surface area contributed by atoms with Crippen LogP contribution in [0.15, 0.2) is 42.7 Å². The van der Waals surface area contributed by atoms with Gasteiger partial charge in [0.05, 0.1) is 12.7 Å². The predicted octanol–water partition coefficient (Wildman–Crippen LogP) is 3.57. The average molecular weight is 312 g/mol. The van der Waals surface area contributed by atoms with Gasteiger partial charge in [0.2, 0.25) is 0 Å². The second kappa shape index (κ2) is 7.77. The summed E-state index contributed by atoms with van der Waals surface area (Å²) >= 11 is 0. The number of aryl methyl sites for hydroxylation is 1. The minimum atomic E-state index is -0.111. The van der Waals surface area contributed by atoms with Gasteiger partial charge in [-0.2, -0.15) is 0 Å². The molecule has 1 aromatic carbocycles. The number of nitrogens with zero attached hydrogens (tertiary/aromatic N) is 1. The number of hydrogen-bond donors (Lipinski definition) is 1. The van der Waals surface area contributed by atoms with Crippen molar-refractivity contribution in [2.24, 2.45) is 5.92 Å². The van der Waals surface area contributed by atoms with Crippen molar-refractivity contribution >= 4 is 5.91 Å². The van der Waals surface area contributed by atoms with Gasteiger partial charge >= 0.3 is 0 Å². The molecule has 0 saturated carbocycles. The van der Waals surface area contributed by atoms with E-state index in [1.807, 2.05) is 37.4 Å². The van der Waals surface area contributed by atoms with Crippen LogP contribution in [0.1, 0.15) is 41.3 Å². The molecule has 0 aliphatic heterocycles. The van der Waals surface area contributed by atoms with Gasteiger partial charge in [-0.25, -0.2) is 0 Å². The third kappa shape index (κ3) is 4.31. The van der Waals surface area contributed by atoms with E-state index in [1.54, 1.807) is 13.3 Å². The molecule has 0 fully saturated rings. The molecule has 0 aliphatic carbocycles. The molecule has 1 aromatic heterocycles. The first-order valence-electron chi connectivity index (χ1n) is 7.85. The lowest BCUT2D eigenvalue weighted by molar-refractivity contribution is 0.0946.